The average molecular weight is 325 g/mol. The van der Waals surface area contributed by atoms with Gasteiger partial charge in [-0.2, -0.15) is 0 Å². The van der Waals surface area contributed by atoms with Crippen molar-refractivity contribution in [1.29, 1.82) is 0 Å². The topological polar surface area (TPSA) is 62.3 Å². The lowest BCUT2D eigenvalue weighted by Gasteiger charge is -2.20. The van der Waals surface area contributed by atoms with Crippen molar-refractivity contribution in [1.82, 2.24) is 15.2 Å². The number of amides is 2. The number of nitrogens with one attached hydrogen (secondary N) is 1. The first kappa shape index (κ1) is 17.7. The predicted molar refractivity (Wildman–Crippen MR) is 93.2 cm³/mol. The van der Waals surface area contributed by atoms with E-state index in [9.17, 15) is 9.59 Å². The Bertz CT molecular complexity index is 669. The minimum Gasteiger partial charge on any atom is -0.354 e. The summed E-state index contributed by atoms with van der Waals surface area (Å²) in [5.74, 6) is -0.0753. The van der Waals surface area contributed by atoms with E-state index in [1.54, 1.807) is 11.1 Å². The minimum absolute atomic E-state index is 0.0339. The van der Waals surface area contributed by atoms with Crippen LogP contribution in [0.2, 0.25) is 0 Å². The van der Waals surface area contributed by atoms with Gasteiger partial charge in [-0.15, -0.1) is 0 Å². The number of hydrogen-bond acceptors (Lipinski definition) is 3. The fourth-order valence-electron chi connectivity index (χ4n) is 2.32. The largest absolute Gasteiger partial charge is 0.354 e. The molecule has 0 atom stereocenters. The van der Waals surface area contributed by atoms with Gasteiger partial charge in [0.1, 0.15) is 0 Å². The molecular formula is C19H23N3O2. The first-order chi connectivity index (χ1) is 11.5. The van der Waals surface area contributed by atoms with Crippen LogP contribution in [-0.2, 0) is 22.6 Å². The first-order valence-corrected chi connectivity index (χ1v) is 8.02. The molecule has 0 spiro atoms. The van der Waals surface area contributed by atoms with Gasteiger partial charge in [-0.25, -0.2) is 0 Å². The van der Waals surface area contributed by atoms with Gasteiger partial charge in [-0.3, -0.25) is 14.6 Å². The van der Waals surface area contributed by atoms with Gasteiger partial charge in [0, 0.05) is 26.2 Å². The summed E-state index contributed by atoms with van der Waals surface area (Å²) in [5, 5.41) is 2.86. The zero-order valence-electron chi connectivity index (χ0n) is 14.2. The third-order valence-electron chi connectivity index (χ3n) is 3.71. The molecular weight excluding hydrogens is 302 g/mol. The second-order valence-corrected chi connectivity index (χ2v) is 5.77. The number of nitrogens with zero attached hydrogens (tertiary/aromatic N) is 2. The molecule has 0 bridgehead atoms. The van der Waals surface area contributed by atoms with Gasteiger partial charge in [0.05, 0.1) is 18.7 Å². The number of rotatable bonds is 7. The van der Waals surface area contributed by atoms with Gasteiger partial charge < -0.3 is 10.2 Å². The molecule has 0 fully saturated rings. The Kier molecular flexibility index (Phi) is 6.49. The van der Waals surface area contributed by atoms with Gasteiger partial charge in [-0.1, -0.05) is 35.9 Å². The fourth-order valence-corrected chi connectivity index (χ4v) is 2.32. The van der Waals surface area contributed by atoms with Crippen LogP contribution in [0.3, 0.4) is 0 Å². The Hall–Kier alpha value is -2.69. The maximum atomic E-state index is 12.0. The van der Waals surface area contributed by atoms with Crippen molar-refractivity contribution in [2.75, 3.05) is 13.1 Å². The van der Waals surface area contributed by atoms with E-state index in [1.807, 2.05) is 49.4 Å². The number of pyridine rings is 1. The summed E-state index contributed by atoms with van der Waals surface area (Å²) in [7, 11) is 0. The van der Waals surface area contributed by atoms with Crippen molar-refractivity contribution in [3.63, 3.8) is 0 Å². The molecule has 1 aromatic carbocycles. The number of benzene rings is 1. The van der Waals surface area contributed by atoms with E-state index < -0.39 is 0 Å². The molecule has 0 radical (unpaired) electrons. The minimum atomic E-state index is -0.0415. The maximum absolute atomic E-state index is 12.0. The van der Waals surface area contributed by atoms with Crippen LogP contribution in [0, 0.1) is 6.92 Å². The quantitative estimate of drug-likeness (QED) is 0.848. The molecule has 2 rings (SSSR count). The maximum Gasteiger partial charge on any atom is 0.224 e. The third-order valence-corrected chi connectivity index (χ3v) is 3.71. The molecule has 5 heteroatoms. The van der Waals surface area contributed by atoms with Crippen molar-refractivity contribution in [2.45, 2.75) is 26.8 Å². The Morgan fingerprint density at radius 3 is 2.50 bits per heavy atom. The monoisotopic (exact) mass is 325 g/mol. The first-order valence-electron chi connectivity index (χ1n) is 8.02. The molecule has 1 N–H and O–H groups in total. The van der Waals surface area contributed by atoms with Crippen LogP contribution in [0.1, 0.15) is 23.7 Å². The van der Waals surface area contributed by atoms with E-state index in [0.29, 0.717) is 26.1 Å². The molecule has 2 amide bonds. The summed E-state index contributed by atoms with van der Waals surface area (Å²) >= 11 is 0. The van der Waals surface area contributed by atoms with E-state index in [4.69, 9.17) is 0 Å². The highest BCUT2D eigenvalue weighted by atomic mass is 16.2. The number of hydrogen-bond donors (Lipinski definition) is 1. The Balaban J connectivity index is 1.78. The lowest BCUT2D eigenvalue weighted by Crippen LogP contribution is -2.37. The van der Waals surface area contributed by atoms with E-state index in [2.05, 4.69) is 10.3 Å². The number of carbonyl (C=O) groups excluding carboxylic acids is 2. The summed E-state index contributed by atoms with van der Waals surface area (Å²) in [6, 6.07) is 13.5. The van der Waals surface area contributed by atoms with Gasteiger partial charge in [0.2, 0.25) is 11.8 Å². The lowest BCUT2D eigenvalue weighted by molar-refractivity contribution is -0.130. The second kappa shape index (κ2) is 8.82. The van der Waals surface area contributed by atoms with Crippen LogP contribution in [0.25, 0.3) is 0 Å². The van der Waals surface area contributed by atoms with Crippen LogP contribution in [-0.4, -0.2) is 34.8 Å². The Morgan fingerprint density at radius 1 is 1.12 bits per heavy atom. The molecule has 0 aliphatic heterocycles. The van der Waals surface area contributed by atoms with Crippen molar-refractivity contribution < 1.29 is 9.59 Å². The number of aromatic nitrogens is 1. The summed E-state index contributed by atoms with van der Waals surface area (Å²) in [6.45, 7) is 4.88. The smallest absolute Gasteiger partial charge is 0.224 e. The molecule has 24 heavy (non-hydrogen) atoms. The molecule has 1 heterocycles. The zero-order valence-corrected chi connectivity index (χ0v) is 14.2. The molecule has 0 aliphatic rings. The summed E-state index contributed by atoms with van der Waals surface area (Å²) < 4.78 is 0. The van der Waals surface area contributed by atoms with Gasteiger partial charge in [-0.05, 0) is 24.6 Å². The SMILES string of the molecule is CC(=O)N(CCNC(=O)Cc1ccc(C)cc1)Cc1ccccn1. The number of aryl methyl sites for hydroxylation is 1. The molecule has 2 aromatic rings. The molecule has 0 aliphatic carbocycles. The fraction of sp³-hybridized carbons (Fsp3) is 0.316. The van der Waals surface area contributed by atoms with E-state index in [0.717, 1.165) is 11.3 Å². The van der Waals surface area contributed by atoms with E-state index in [-0.39, 0.29) is 11.8 Å². The highest BCUT2D eigenvalue weighted by Gasteiger charge is 2.10. The third kappa shape index (κ3) is 5.83. The normalized spacial score (nSPS) is 10.2. The van der Waals surface area contributed by atoms with Gasteiger partial charge in [0.15, 0.2) is 0 Å². The van der Waals surface area contributed by atoms with Crippen molar-refractivity contribution in [3.05, 3.63) is 65.5 Å². The van der Waals surface area contributed by atoms with E-state index >= 15 is 0 Å². The second-order valence-electron chi connectivity index (χ2n) is 5.77. The molecule has 5 nitrogen and oxygen atoms in total. The van der Waals surface area contributed by atoms with Crippen molar-refractivity contribution >= 4 is 11.8 Å². The molecule has 0 unspecified atom stereocenters. The number of carbonyl (C=O) groups is 2. The van der Waals surface area contributed by atoms with E-state index in [1.165, 1.54) is 12.5 Å². The Labute approximate surface area is 142 Å². The van der Waals surface area contributed by atoms with Gasteiger partial charge >= 0.3 is 0 Å². The molecule has 0 saturated carbocycles. The molecule has 1 aromatic heterocycles. The predicted octanol–water partition coefficient (Wildman–Crippen LogP) is 2.10. The van der Waals surface area contributed by atoms with Crippen LogP contribution in [0.5, 0.6) is 0 Å². The highest BCUT2D eigenvalue weighted by molar-refractivity contribution is 5.78. The zero-order chi connectivity index (χ0) is 17.4. The molecule has 0 saturated heterocycles. The lowest BCUT2D eigenvalue weighted by atomic mass is 10.1. The van der Waals surface area contributed by atoms with Crippen LogP contribution >= 0.6 is 0 Å². The molecule has 126 valence electrons. The van der Waals surface area contributed by atoms with Crippen molar-refractivity contribution in [3.8, 4) is 0 Å². The average Bonchev–Trinajstić information content (AvgIpc) is 2.57. The Morgan fingerprint density at radius 2 is 1.88 bits per heavy atom. The van der Waals surface area contributed by atoms with Crippen LogP contribution in [0.15, 0.2) is 48.7 Å². The summed E-state index contributed by atoms with van der Waals surface area (Å²) in [6.07, 6.45) is 2.05. The summed E-state index contributed by atoms with van der Waals surface area (Å²) in [5.41, 5.74) is 2.99. The van der Waals surface area contributed by atoms with Crippen LogP contribution < -0.4 is 5.32 Å². The highest BCUT2D eigenvalue weighted by Crippen LogP contribution is 2.04. The summed E-state index contributed by atoms with van der Waals surface area (Å²) in [4.78, 5) is 29.6. The van der Waals surface area contributed by atoms with Crippen molar-refractivity contribution in [2.24, 2.45) is 0 Å². The standard InChI is InChI=1S/C19H23N3O2/c1-15-6-8-17(9-7-15)13-19(24)21-11-12-22(16(2)23)14-18-5-3-4-10-20-18/h3-10H,11-14H2,1-2H3,(H,21,24). The van der Waals surface area contributed by atoms with Gasteiger partial charge in [0.25, 0.3) is 0 Å². The van der Waals surface area contributed by atoms with Crippen LogP contribution in [0.4, 0.5) is 0 Å².